The van der Waals surface area contributed by atoms with Gasteiger partial charge in [0.15, 0.2) is 0 Å². The number of nitrogens with one attached hydrogen (secondary N) is 1. The second-order valence-electron chi connectivity index (χ2n) is 6.26. The highest BCUT2D eigenvalue weighted by molar-refractivity contribution is 7.52. The Balaban J connectivity index is -0.0000000914. The zero-order valence-electron chi connectivity index (χ0n) is 21.5. The third kappa shape index (κ3) is 76.5. The van der Waals surface area contributed by atoms with Crippen LogP contribution in [0.5, 0.6) is 0 Å². The van der Waals surface area contributed by atoms with Gasteiger partial charge in [-0.15, -0.1) is 0 Å². The van der Waals surface area contributed by atoms with E-state index in [1.54, 1.807) is 0 Å². The Hall–Kier alpha value is -0.180. The van der Waals surface area contributed by atoms with Crippen LogP contribution in [0.15, 0.2) is 0 Å². The van der Waals surface area contributed by atoms with Gasteiger partial charge in [-0.1, -0.05) is 0 Å². The summed E-state index contributed by atoms with van der Waals surface area (Å²) in [4.78, 5) is 35.1. The molecule has 27 N–H and O–H groups in total. The normalized spacial score (nSPS) is 10.9. The monoisotopic (exact) mass is 576 g/mol. The van der Waals surface area contributed by atoms with Gasteiger partial charge in [0.2, 0.25) is 0 Å². The van der Waals surface area contributed by atoms with Crippen LogP contribution in [0.25, 0.3) is 0 Å². The highest BCUT2D eigenvalue weighted by atomic mass is 31.2. The van der Waals surface area contributed by atoms with E-state index in [1.165, 1.54) is 0 Å². The van der Waals surface area contributed by atoms with E-state index >= 15 is 0 Å². The fourth-order valence-electron chi connectivity index (χ4n) is 1.13. The van der Waals surface area contributed by atoms with Gasteiger partial charge in [-0.05, 0) is 12.8 Å². The summed E-state index contributed by atoms with van der Waals surface area (Å²) < 4.78 is 21.5. The fraction of sp³-hybridized carbons (Fsp3) is 1.00. The van der Waals surface area contributed by atoms with Crippen LogP contribution in [0.4, 0.5) is 0 Å². The number of hydrogen-bond donors (Lipinski definition) is 16. The molecule has 18 nitrogen and oxygen atoms in total. The van der Waals surface area contributed by atoms with Crippen LogP contribution in [-0.4, -0.2) is 110 Å². The van der Waals surface area contributed by atoms with Crippen molar-refractivity contribution in [3.05, 3.63) is 0 Å². The molecule has 1 atom stereocenters. The molecule has 0 rings (SSSR count). The van der Waals surface area contributed by atoms with Gasteiger partial charge in [-0.25, -0.2) is 0 Å². The van der Waals surface area contributed by atoms with E-state index in [4.69, 9.17) is 82.6 Å². The van der Waals surface area contributed by atoms with Gasteiger partial charge in [0, 0.05) is 84.7 Å². The maximum Gasteiger partial charge on any atom is 0.342 e. The van der Waals surface area contributed by atoms with Crippen molar-refractivity contribution in [2.24, 2.45) is 63.1 Å². The van der Waals surface area contributed by atoms with E-state index in [0.29, 0.717) is 65.4 Å². The lowest BCUT2D eigenvalue weighted by Gasteiger charge is -2.19. The Morgan fingerprint density at radius 1 is 0.528 bits per heavy atom. The van der Waals surface area contributed by atoms with Gasteiger partial charge < -0.3 is 88.0 Å². The second-order valence-corrected chi connectivity index (χ2v) is 9.84. The smallest absolute Gasteiger partial charge is 0.329 e. The summed E-state index contributed by atoms with van der Waals surface area (Å²) in [5.74, 6) is -1.09. The zero-order valence-corrected chi connectivity index (χ0v) is 23.3. The minimum absolute atomic E-state index is 0.00458. The molecule has 1 unspecified atom stereocenters. The molecule has 0 spiro atoms. The molecule has 0 aromatic heterocycles. The molecule has 0 radical (unpaired) electrons. The van der Waals surface area contributed by atoms with E-state index in [-0.39, 0.29) is 32.1 Å². The van der Waals surface area contributed by atoms with E-state index in [1.807, 2.05) is 0 Å². The van der Waals surface area contributed by atoms with Crippen molar-refractivity contribution in [2.45, 2.75) is 18.6 Å². The summed E-state index contributed by atoms with van der Waals surface area (Å²) in [6.45, 7) is 6.45. The molecule has 0 heterocycles. The first-order chi connectivity index (χ1) is 16.7. The summed E-state index contributed by atoms with van der Waals surface area (Å²) >= 11 is 0. The molecular formula is C16H58N12O6P2. The molecule has 0 saturated carbocycles. The summed E-state index contributed by atoms with van der Waals surface area (Å²) in [6, 6.07) is 0. The fourth-order valence-corrected chi connectivity index (χ4v) is 2.61. The molecule has 0 bridgehead atoms. The minimum Gasteiger partial charge on any atom is -0.329 e. The Kier molecular flexibility index (Phi) is 56.9. The molecule has 0 aromatic rings. The van der Waals surface area contributed by atoms with E-state index < -0.39 is 21.0 Å². The lowest BCUT2D eigenvalue weighted by molar-refractivity contribution is 0.338. The van der Waals surface area contributed by atoms with Gasteiger partial charge in [0.1, 0.15) is 5.78 Å². The first kappa shape index (κ1) is 48.8. The van der Waals surface area contributed by atoms with Gasteiger partial charge >= 0.3 is 15.2 Å². The highest BCUT2D eigenvalue weighted by Gasteiger charge is 2.28. The molecule has 0 fully saturated rings. The molecule has 228 valence electrons. The SMILES string of the molecule is NCCN.NCCN.NCCN.NCCN.NCCN.NCCNC(CCCP(=O)(O)O)P(=O)(O)O. The largest absolute Gasteiger partial charge is 0.342 e. The van der Waals surface area contributed by atoms with Crippen LogP contribution in [0.3, 0.4) is 0 Å². The van der Waals surface area contributed by atoms with Gasteiger partial charge in [-0.2, -0.15) is 0 Å². The van der Waals surface area contributed by atoms with Crippen LogP contribution in [-0.2, 0) is 9.13 Å². The molecule has 0 aliphatic heterocycles. The molecule has 0 amide bonds. The minimum atomic E-state index is -4.31. The van der Waals surface area contributed by atoms with Crippen LogP contribution in [0.2, 0.25) is 0 Å². The predicted molar refractivity (Wildman–Crippen MR) is 150 cm³/mol. The topological polar surface area (TPSA) is 413 Å². The quantitative estimate of drug-likeness (QED) is 0.0905. The maximum absolute atomic E-state index is 11.0. The van der Waals surface area contributed by atoms with Crippen LogP contribution in [0.1, 0.15) is 12.8 Å². The summed E-state index contributed by atoms with van der Waals surface area (Å²) in [7, 11) is -8.41. The number of rotatable bonds is 13. The van der Waals surface area contributed by atoms with Crippen molar-refractivity contribution in [3.8, 4) is 0 Å². The molecule has 0 saturated heterocycles. The highest BCUT2D eigenvalue weighted by Crippen LogP contribution is 2.43. The maximum atomic E-state index is 11.0. The van der Waals surface area contributed by atoms with Crippen molar-refractivity contribution < 1.29 is 28.7 Å². The number of nitrogens with two attached hydrogens (primary N) is 11. The second kappa shape index (κ2) is 41.9. The van der Waals surface area contributed by atoms with Crippen molar-refractivity contribution in [3.63, 3.8) is 0 Å². The van der Waals surface area contributed by atoms with Gasteiger partial charge in [0.25, 0.3) is 0 Å². The molecule has 0 aromatic carbocycles. The van der Waals surface area contributed by atoms with Crippen molar-refractivity contribution >= 4 is 15.2 Å². The van der Waals surface area contributed by atoms with Crippen LogP contribution < -0.4 is 68.4 Å². The standard InChI is InChI=1S/C6H18N2O6P2.5C2H8N2/c7-3-4-8-6(16(12,13)14)2-1-5-15(9,10)11;5*3-1-2-4/h6,8H,1-5,7H2,(H2,9,10,11)(H2,12,13,14);5*1-4H2. The summed E-state index contributed by atoms with van der Waals surface area (Å²) in [6.07, 6.45) is -0.346. The van der Waals surface area contributed by atoms with E-state index in [0.717, 1.165) is 0 Å². The lowest BCUT2D eigenvalue weighted by Crippen LogP contribution is -2.33. The Labute approximate surface area is 216 Å². The Morgan fingerprint density at radius 3 is 0.972 bits per heavy atom. The zero-order chi connectivity index (χ0) is 29.9. The predicted octanol–water partition coefficient (Wildman–Crippen LogP) is -6.48. The van der Waals surface area contributed by atoms with Gasteiger partial charge in [-0.3, -0.25) is 9.13 Å². The Morgan fingerprint density at radius 2 is 0.806 bits per heavy atom. The van der Waals surface area contributed by atoms with Crippen LogP contribution in [0, 0.1) is 0 Å². The van der Waals surface area contributed by atoms with E-state index in [9.17, 15) is 9.13 Å². The number of hydrogen-bond acceptors (Lipinski definition) is 14. The molecular weight excluding hydrogens is 518 g/mol. The third-order valence-electron chi connectivity index (χ3n) is 2.69. The van der Waals surface area contributed by atoms with Crippen LogP contribution >= 0.6 is 15.2 Å². The summed E-state index contributed by atoms with van der Waals surface area (Å²) in [5, 5.41) is 2.55. The molecule has 36 heavy (non-hydrogen) atoms. The first-order valence-corrected chi connectivity index (χ1v) is 14.8. The van der Waals surface area contributed by atoms with Crippen molar-refractivity contribution in [1.29, 1.82) is 0 Å². The summed E-state index contributed by atoms with van der Waals surface area (Å²) in [5.41, 5.74) is 54.2. The molecule has 0 aliphatic carbocycles. The molecule has 0 aliphatic rings. The average molecular weight is 577 g/mol. The first-order valence-electron chi connectivity index (χ1n) is 11.3. The molecule has 20 heteroatoms. The van der Waals surface area contributed by atoms with Gasteiger partial charge in [0.05, 0.1) is 0 Å². The van der Waals surface area contributed by atoms with Crippen molar-refractivity contribution in [2.75, 3.05) is 84.7 Å². The third-order valence-corrected chi connectivity index (χ3v) is 4.84. The lowest BCUT2D eigenvalue weighted by atomic mass is 10.3. The Bertz CT molecular complexity index is 417. The van der Waals surface area contributed by atoms with E-state index in [2.05, 4.69) is 5.32 Å². The average Bonchev–Trinajstić information content (AvgIpc) is 2.85. The van der Waals surface area contributed by atoms with Crippen molar-refractivity contribution in [1.82, 2.24) is 5.32 Å².